The molecule has 1 N–H and O–H groups in total. The van der Waals surface area contributed by atoms with Gasteiger partial charge in [0.25, 0.3) is 5.56 Å². The molecule has 0 saturated heterocycles. The van der Waals surface area contributed by atoms with E-state index < -0.39 is 0 Å². The van der Waals surface area contributed by atoms with Gasteiger partial charge in [0.05, 0.1) is 30.1 Å². The number of carbonyl (C=O) groups excluding carboxylic acids is 1. The molecule has 0 spiro atoms. The highest BCUT2D eigenvalue weighted by molar-refractivity contribution is 6.31. The maximum atomic E-state index is 13.3. The summed E-state index contributed by atoms with van der Waals surface area (Å²) < 4.78 is 5.75. The molecule has 6 nitrogen and oxygen atoms in total. The van der Waals surface area contributed by atoms with Crippen molar-refractivity contribution in [1.29, 1.82) is 0 Å². The fourth-order valence-corrected chi connectivity index (χ4v) is 4.42. The number of hydrogen-bond acceptors (Lipinski definition) is 4. The van der Waals surface area contributed by atoms with Crippen LogP contribution in [0.1, 0.15) is 24.7 Å². The fourth-order valence-electron chi connectivity index (χ4n) is 4.26. The number of nitrogens with one attached hydrogen (secondary N) is 1. The first-order chi connectivity index (χ1) is 16.0. The lowest BCUT2D eigenvalue weighted by Gasteiger charge is -2.21. The molecule has 3 aromatic carbocycles. The predicted molar refractivity (Wildman–Crippen MR) is 131 cm³/mol. The van der Waals surface area contributed by atoms with E-state index in [1.54, 1.807) is 29.4 Å². The summed E-state index contributed by atoms with van der Waals surface area (Å²) in [5.41, 5.74) is 1.87. The first-order valence-electron chi connectivity index (χ1n) is 10.9. The second-order valence-electron chi connectivity index (χ2n) is 8.09. The standard InChI is InChI=1S/C26H22ClN3O3/c1-2-11-30(14-23-28-21-13-18(27)8-9-20(21)26(32)29-23)24(31)12-17-15-33-22-10-7-16-5-3-4-6-19(16)25(17)22/h3-10,13,15H,2,11-12,14H2,1H3,(H,28,29,32). The third kappa shape index (κ3) is 4.10. The molecule has 5 aromatic rings. The Bertz CT molecular complexity index is 1550. The highest BCUT2D eigenvalue weighted by Crippen LogP contribution is 2.30. The van der Waals surface area contributed by atoms with Gasteiger partial charge in [-0.05, 0) is 41.5 Å². The molecule has 166 valence electrons. The lowest BCUT2D eigenvalue weighted by molar-refractivity contribution is -0.131. The van der Waals surface area contributed by atoms with Gasteiger partial charge in [-0.25, -0.2) is 4.98 Å². The summed E-state index contributed by atoms with van der Waals surface area (Å²) in [7, 11) is 0. The number of aromatic nitrogens is 2. The molecule has 0 radical (unpaired) electrons. The van der Waals surface area contributed by atoms with Crippen molar-refractivity contribution in [3.05, 3.63) is 87.6 Å². The predicted octanol–water partition coefficient (Wildman–Crippen LogP) is 5.46. The summed E-state index contributed by atoms with van der Waals surface area (Å²) in [6.07, 6.45) is 2.65. The third-order valence-corrected chi connectivity index (χ3v) is 6.02. The van der Waals surface area contributed by atoms with Gasteiger partial charge in [0.15, 0.2) is 0 Å². The number of amides is 1. The minimum absolute atomic E-state index is 0.0543. The summed E-state index contributed by atoms with van der Waals surface area (Å²) in [5, 5.41) is 4.10. The SMILES string of the molecule is CCCN(Cc1nc2cc(Cl)ccc2c(=O)[nH]1)C(=O)Cc1coc2ccc3ccccc3c12. The number of benzene rings is 3. The smallest absolute Gasteiger partial charge is 0.258 e. The molecule has 0 fully saturated rings. The van der Waals surface area contributed by atoms with Crippen LogP contribution in [-0.4, -0.2) is 27.3 Å². The monoisotopic (exact) mass is 459 g/mol. The van der Waals surface area contributed by atoms with Crippen LogP contribution in [0.15, 0.2) is 70.1 Å². The number of halogens is 1. The van der Waals surface area contributed by atoms with Crippen LogP contribution in [0.4, 0.5) is 0 Å². The number of hydrogen-bond donors (Lipinski definition) is 1. The first-order valence-corrected chi connectivity index (χ1v) is 11.3. The minimum Gasteiger partial charge on any atom is -0.464 e. The molecule has 2 aromatic heterocycles. The van der Waals surface area contributed by atoms with Crippen molar-refractivity contribution in [2.45, 2.75) is 26.3 Å². The maximum absolute atomic E-state index is 13.3. The molecule has 33 heavy (non-hydrogen) atoms. The van der Waals surface area contributed by atoms with Crippen LogP contribution in [0.25, 0.3) is 32.6 Å². The molecule has 7 heteroatoms. The van der Waals surface area contributed by atoms with Crippen LogP contribution < -0.4 is 5.56 Å². The van der Waals surface area contributed by atoms with Gasteiger partial charge in [-0.1, -0.05) is 48.9 Å². The van der Waals surface area contributed by atoms with E-state index in [4.69, 9.17) is 16.0 Å². The Kier molecular flexibility index (Phi) is 5.60. The van der Waals surface area contributed by atoms with Crippen molar-refractivity contribution in [1.82, 2.24) is 14.9 Å². The second-order valence-corrected chi connectivity index (χ2v) is 8.52. The molecule has 5 rings (SSSR count). The van der Waals surface area contributed by atoms with Crippen molar-refractivity contribution in [2.75, 3.05) is 6.54 Å². The summed E-state index contributed by atoms with van der Waals surface area (Å²) in [4.78, 5) is 34.9. The minimum atomic E-state index is -0.247. The van der Waals surface area contributed by atoms with Crippen LogP contribution in [0.3, 0.4) is 0 Å². The van der Waals surface area contributed by atoms with Gasteiger partial charge < -0.3 is 14.3 Å². The number of furan rings is 1. The molecule has 0 aliphatic heterocycles. The van der Waals surface area contributed by atoms with Crippen molar-refractivity contribution in [3.63, 3.8) is 0 Å². The van der Waals surface area contributed by atoms with E-state index in [1.165, 1.54) is 0 Å². The Balaban J connectivity index is 1.46. The van der Waals surface area contributed by atoms with Gasteiger partial charge in [0, 0.05) is 22.5 Å². The van der Waals surface area contributed by atoms with Crippen LogP contribution in [-0.2, 0) is 17.8 Å². The van der Waals surface area contributed by atoms with Crippen LogP contribution in [0.5, 0.6) is 0 Å². The molecule has 0 saturated carbocycles. The maximum Gasteiger partial charge on any atom is 0.258 e. The number of fused-ring (bicyclic) bond motifs is 4. The van der Waals surface area contributed by atoms with E-state index in [2.05, 4.69) is 9.97 Å². The molecular formula is C26H22ClN3O3. The van der Waals surface area contributed by atoms with E-state index >= 15 is 0 Å². The Morgan fingerprint density at radius 1 is 1.12 bits per heavy atom. The lowest BCUT2D eigenvalue weighted by Crippen LogP contribution is -2.33. The Morgan fingerprint density at radius 3 is 2.82 bits per heavy atom. The first kappa shape index (κ1) is 21.2. The van der Waals surface area contributed by atoms with Crippen LogP contribution in [0.2, 0.25) is 5.02 Å². The summed E-state index contributed by atoms with van der Waals surface area (Å²) in [5.74, 6) is 0.375. The lowest BCUT2D eigenvalue weighted by atomic mass is 10.0. The van der Waals surface area contributed by atoms with Gasteiger partial charge in [-0.3, -0.25) is 9.59 Å². The average Bonchev–Trinajstić information content (AvgIpc) is 3.21. The van der Waals surface area contributed by atoms with E-state index in [9.17, 15) is 9.59 Å². The Labute approximate surface area is 194 Å². The van der Waals surface area contributed by atoms with Crippen molar-refractivity contribution >= 4 is 50.2 Å². The van der Waals surface area contributed by atoms with E-state index in [1.807, 2.05) is 43.3 Å². The van der Waals surface area contributed by atoms with Crippen molar-refractivity contribution < 1.29 is 9.21 Å². The second kappa shape index (κ2) is 8.71. The van der Waals surface area contributed by atoms with Crippen molar-refractivity contribution in [3.8, 4) is 0 Å². The molecular weight excluding hydrogens is 438 g/mol. The fraction of sp³-hybridized carbons (Fsp3) is 0.192. The largest absolute Gasteiger partial charge is 0.464 e. The molecule has 0 unspecified atom stereocenters. The Hall–Kier alpha value is -3.64. The number of carbonyl (C=O) groups is 1. The van der Waals surface area contributed by atoms with Crippen LogP contribution in [0, 0.1) is 0 Å². The number of aromatic amines is 1. The molecule has 0 aliphatic rings. The van der Waals surface area contributed by atoms with Gasteiger partial charge in [-0.15, -0.1) is 0 Å². The highest BCUT2D eigenvalue weighted by atomic mass is 35.5. The quantitative estimate of drug-likeness (QED) is 0.366. The zero-order valence-corrected chi connectivity index (χ0v) is 18.9. The van der Waals surface area contributed by atoms with Gasteiger partial charge in [0.1, 0.15) is 11.4 Å². The summed E-state index contributed by atoms with van der Waals surface area (Å²) in [6, 6.07) is 17.0. The summed E-state index contributed by atoms with van der Waals surface area (Å²) in [6.45, 7) is 2.77. The molecule has 0 atom stereocenters. The Morgan fingerprint density at radius 2 is 1.97 bits per heavy atom. The normalized spacial score (nSPS) is 11.5. The van der Waals surface area contributed by atoms with Gasteiger partial charge in [-0.2, -0.15) is 0 Å². The number of H-pyrrole nitrogens is 1. The summed E-state index contributed by atoms with van der Waals surface area (Å²) >= 11 is 6.07. The van der Waals surface area contributed by atoms with Crippen molar-refractivity contribution in [2.24, 2.45) is 0 Å². The number of nitrogens with zero attached hydrogens (tertiary/aromatic N) is 2. The van der Waals surface area contributed by atoms with Gasteiger partial charge >= 0.3 is 0 Å². The molecule has 0 aliphatic carbocycles. The molecule has 2 heterocycles. The van der Waals surface area contributed by atoms with Crippen LogP contribution >= 0.6 is 11.6 Å². The van der Waals surface area contributed by atoms with E-state index in [0.717, 1.165) is 33.7 Å². The average molecular weight is 460 g/mol. The zero-order chi connectivity index (χ0) is 22.9. The molecule has 0 bridgehead atoms. The van der Waals surface area contributed by atoms with E-state index in [0.29, 0.717) is 28.3 Å². The zero-order valence-electron chi connectivity index (χ0n) is 18.1. The highest BCUT2D eigenvalue weighted by Gasteiger charge is 2.19. The van der Waals surface area contributed by atoms with Gasteiger partial charge in [0.2, 0.25) is 5.91 Å². The van der Waals surface area contributed by atoms with E-state index in [-0.39, 0.29) is 24.4 Å². The molecule has 1 amide bonds. The third-order valence-electron chi connectivity index (χ3n) is 5.79. The number of rotatable bonds is 6. The topological polar surface area (TPSA) is 79.2 Å².